The number of anilines is 2. The summed E-state index contributed by atoms with van der Waals surface area (Å²) in [5.74, 6) is 1.23. The average molecular weight is 697 g/mol. The monoisotopic (exact) mass is 696 g/mol. The van der Waals surface area contributed by atoms with E-state index in [0.717, 1.165) is 42.3 Å². The second-order valence-corrected chi connectivity index (χ2v) is 16.1. The van der Waals surface area contributed by atoms with Crippen molar-refractivity contribution in [2.45, 2.75) is 78.7 Å². The van der Waals surface area contributed by atoms with Gasteiger partial charge >= 0.3 is 6.16 Å². The van der Waals surface area contributed by atoms with Crippen LogP contribution in [0.4, 0.5) is 16.2 Å². The fourth-order valence-corrected chi connectivity index (χ4v) is 5.88. The Morgan fingerprint density at radius 3 is 2.27 bits per heavy atom. The number of benzene rings is 2. The molecular formula is C36H48N4O8S. The third-order valence-electron chi connectivity index (χ3n) is 7.83. The van der Waals surface area contributed by atoms with Gasteiger partial charge in [0, 0.05) is 36.6 Å². The van der Waals surface area contributed by atoms with Gasteiger partial charge in [-0.1, -0.05) is 26.8 Å². The predicted molar refractivity (Wildman–Crippen MR) is 189 cm³/mol. The molecule has 266 valence electrons. The van der Waals surface area contributed by atoms with E-state index in [1.807, 2.05) is 33.8 Å². The minimum absolute atomic E-state index is 0.195. The maximum atomic E-state index is 13.6. The lowest BCUT2D eigenvalue weighted by atomic mass is 9.86. The minimum atomic E-state index is -3.62. The van der Waals surface area contributed by atoms with Crippen LogP contribution in [0.2, 0.25) is 0 Å². The molecule has 3 aromatic rings. The van der Waals surface area contributed by atoms with Crippen LogP contribution < -0.4 is 19.5 Å². The highest BCUT2D eigenvalue weighted by Crippen LogP contribution is 2.39. The maximum Gasteiger partial charge on any atom is 0.528 e. The number of aryl methyl sites for hydroxylation is 1. The average Bonchev–Trinajstić information content (AvgIpc) is 2.97. The summed E-state index contributed by atoms with van der Waals surface area (Å²) in [5, 5.41) is 4.55. The first-order valence-electron chi connectivity index (χ1n) is 16.2. The molecule has 4 rings (SSSR count). The van der Waals surface area contributed by atoms with Crippen LogP contribution in [-0.4, -0.2) is 62.6 Å². The fourth-order valence-electron chi connectivity index (χ4n) is 5.33. The van der Waals surface area contributed by atoms with Crippen molar-refractivity contribution in [1.82, 2.24) is 10.0 Å². The molecule has 2 heterocycles. The topological polar surface area (TPSA) is 145 Å². The van der Waals surface area contributed by atoms with Gasteiger partial charge in [0.1, 0.15) is 17.1 Å². The van der Waals surface area contributed by atoms with Crippen LogP contribution in [0.15, 0.2) is 48.7 Å². The molecule has 1 amide bonds. The molecule has 0 spiro atoms. The van der Waals surface area contributed by atoms with Crippen LogP contribution in [0.1, 0.15) is 81.6 Å². The zero-order valence-electron chi connectivity index (χ0n) is 29.8. The third-order valence-corrected chi connectivity index (χ3v) is 8.42. The largest absolute Gasteiger partial charge is 0.528 e. The first kappa shape index (κ1) is 37.5. The number of ether oxygens (including phenoxy) is 3. The number of sulfonamides is 1. The second-order valence-electron chi connectivity index (χ2n) is 14.4. The van der Waals surface area contributed by atoms with Gasteiger partial charge in [-0.15, -0.1) is 5.06 Å². The number of nitrogens with zero attached hydrogens (tertiary/aromatic N) is 2. The Bertz CT molecular complexity index is 1770. The number of hydrogen-bond donors (Lipinski definition) is 2. The lowest BCUT2D eigenvalue weighted by Crippen LogP contribution is -2.38. The molecule has 0 bridgehead atoms. The van der Waals surface area contributed by atoms with E-state index in [9.17, 15) is 18.0 Å². The molecule has 1 aliphatic heterocycles. The van der Waals surface area contributed by atoms with Crippen molar-refractivity contribution >= 4 is 33.5 Å². The SMILES string of the molecule is COc1c(NC(=O)c2ccc(C)c(Oc3ccnc(CC4CCN(OC(=O)OC(C)(C)C)CC4)c3)c2)cc(C(C)(C)C)cc1NS(C)(=O)=O. The molecule has 0 radical (unpaired) electrons. The van der Waals surface area contributed by atoms with Gasteiger partial charge in [0.25, 0.3) is 5.91 Å². The van der Waals surface area contributed by atoms with Gasteiger partial charge in [0.15, 0.2) is 5.75 Å². The van der Waals surface area contributed by atoms with Crippen LogP contribution >= 0.6 is 0 Å². The summed E-state index contributed by atoms with van der Waals surface area (Å²) in [7, 11) is -2.20. The van der Waals surface area contributed by atoms with E-state index in [4.69, 9.17) is 19.0 Å². The fraction of sp³-hybridized carbons (Fsp3) is 0.472. The molecule has 0 saturated carbocycles. The van der Waals surface area contributed by atoms with Crippen molar-refractivity contribution < 1.29 is 37.1 Å². The number of carbonyl (C=O) groups is 2. The van der Waals surface area contributed by atoms with Gasteiger partial charge < -0.3 is 24.4 Å². The van der Waals surface area contributed by atoms with E-state index >= 15 is 0 Å². The van der Waals surface area contributed by atoms with Crippen molar-refractivity contribution in [3.05, 3.63) is 71.0 Å². The maximum absolute atomic E-state index is 13.6. The van der Waals surface area contributed by atoms with Gasteiger partial charge in [0.2, 0.25) is 10.0 Å². The normalized spacial score (nSPS) is 14.6. The first-order valence-corrected chi connectivity index (χ1v) is 18.1. The summed E-state index contributed by atoms with van der Waals surface area (Å²) >= 11 is 0. The van der Waals surface area contributed by atoms with Gasteiger partial charge in [-0.25, -0.2) is 13.2 Å². The summed E-state index contributed by atoms with van der Waals surface area (Å²) in [4.78, 5) is 35.5. The molecule has 1 aromatic heterocycles. The molecule has 2 aromatic carbocycles. The smallest absolute Gasteiger partial charge is 0.492 e. The Hall–Kier alpha value is -4.36. The molecular weight excluding hydrogens is 648 g/mol. The molecule has 0 aliphatic carbocycles. The summed E-state index contributed by atoms with van der Waals surface area (Å²) in [6, 6.07) is 12.3. The highest BCUT2D eigenvalue weighted by molar-refractivity contribution is 7.92. The van der Waals surface area contributed by atoms with Crippen molar-refractivity contribution in [2.24, 2.45) is 5.92 Å². The lowest BCUT2D eigenvalue weighted by Gasteiger charge is -2.30. The Balaban J connectivity index is 1.45. The zero-order chi connectivity index (χ0) is 36.1. The van der Waals surface area contributed by atoms with Crippen molar-refractivity contribution in [3.63, 3.8) is 0 Å². The Morgan fingerprint density at radius 1 is 0.980 bits per heavy atom. The molecule has 0 atom stereocenters. The van der Waals surface area contributed by atoms with Gasteiger partial charge in [-0.2, -0.15) is 0 Å². The van der Waals surface area contributed by atoms with Gasteiger partial charge in [-0.05, 0) is 99.7 Å². The van der Waals surface area contributed by atoms with E-state index in [0.29, 0.717) is 41.8 Å². The van der Waals surface area contributed by atoms with E-state index in [-0.39, 0.29) is 16.9 Å². The quantitative estimate of drug-likeness (QED) is 0.208. The number of rotatable bonds is 10. The first-order chi connectivity index (χ1) is 22.8. The van der Waals surface area contributed by atoms with Crippen LogP contribution in [0.5, 0.6) is 17.2 Å². The number of pyridine rings is 1. The highest BCUT2D eigenvalue weighted by Gasteiger charge is 2.26. The van der Waals surface area contributed by atoms with E-state index in [2.05, 4.69) is 15.0 Å². The number of piperidine rings is 1. The zero-order valence-corrected chi connectivity index (χ0v) is 30.6. The number of hydrogen-bond acceptors (Lipinski definition) is 10. The van der Waals surface area contributed by atoms with E-state index in [1.165, 1.54) is 7.11 Å². The molecule has 49 heavy (non-hydrogen) atoms. The number of carbonyl (C=O) groups excluding carboxylic acids is 2. The van der Waals surface area contributed by atoms with Crippen molar-refractivity contribution in [2.75, 3.05) is 36.5 Å². The van der Waals surface area contributed by atoms with E-state index < -0.39 is 27.7 Å². The highest BCUT2D eigenvalue weighted by atomic mass is 32.2. The van der Waals surface area contributed by atoms with Crippen LogP contribution in [0.3, 0.4) is 0 Å². The molecule has 1 aliphatic rings. The van der Waals surface area contributed by atoms with Gasteiger partial charge in [0.05, 0.1) is 24.7 Å². The summed E-state index contributed by atoms with van der Waals surface area (Å²) in [6.45, 7) is 14.5. The van der Waals surface area contributed by atoms with Gasteiger partial charge in [-0.3, -0.25) is 14.5 Å². The molecule has 1 fully saturated rings. The van der Waals surface area contributed by atoms with Crippen molar-refractivity contribution in [3.8, 4) is 17.2 Å². The number of amides is 1. The molecule has 0 unspecified atom stereocenters. The molecule has 1 saturated heterocycles. The number of hydroxylamine groups is 2. The van der Waals surface area contributed by atoms with Crippen molar-refractivity contribution in [1.29, 1.82) is 0 Å². The van der Waals surface area contributed by atoms with Crippen LogP contribution in [0, 0.1) is 12.8 Å². The standard InChI is InChI=1S/C36H48N4O8S/c1-23-10-11-25(33(41)38-29-20-26(35(2,3)4)21-30(32(29)45-8)39-49(9,43)44)19-31(23)46-28-12-15-37-27(22-28)18-24-13-16-40(17-14-24)48-34(42)47-36(5,6)7/h10-12,15,19-22,24,39H,13-14,16-18H2,1-9H3,(H,38,41). The van der Waals surface area contributed by atoms with Crippen LogP contribution in [-0.2, 0) is 31.4 Å². The lowest BCUT2D eigenvalue weighted by molar-refractivity contribution is -0.155. The predicted octanol–water partition coefficient (Wildman–Crippen LogP) is 7.23. The number of aromatic nitrogens is 1. The minimum Gasteiger partial charge on any atom is -0.492 e. The van der Waals surface area contributed by atoms with Crippen LogP contribution in [0.25, 0.3) is 0 Å². The third kappa shape index (κ3) is 11.1. The second kappa shape index (κ2) is 15.0. The summed E-state index contributed by atoms with van der Waals surface area (Å²) in [5.41, 5.74) is 2.45. The molecule has 2 N–H and O–H groups in total. The Labute approximate surface area is 289 Å². The summed E-state index contributed by atoms with van der Waals surface area (Å²) in [6.07, 6.45) is 4.48. The van der Waals surface area contributed by atoms with E-state index in [1.54, 1.807) is 68.4 Å². The Kier molecular flexibility index (Phi) is 11.5. The molecule has 12 nitrogen and oxygen atoms in total. The molecule has 13 heteroatoms. The summed E-state index contributed by atoms with van der Waals surface area (Å²) < 4.78 is 43.8. The number of methoxy groups -OCH3 is 1. The Morgan fingerprint density at radius 2 is 1.65 bits per heavy atom. The number of nitrogens with one attached hydrogen (secondary N) is 2.